The van der Waals surface area contributed by atoms with Crippen molar-refractivity contribution in [3.8, 4) is 11.4 Å². The SMILES string of the molecule is Cn1c(SCC(=O)Nc2ccc([N+](=O)[O-])cc2Cl)nnc1-c1ccncc1. The fourth-order valence-electron chi connectivity index (χ4n) is 2.23. The number of non-ortho nitro benzene ring substituents is 1. The number of amides is 1. The molecule has 0 atom stereocenters. The van der Waals surface area contributed by atoms with E-state index in [1.54, 1.807) is 17.0 Å². The number of nitrogens with zero attached hydrogens (tertiary/aromatic N) is 5. The van der Waals surface area contributed by atoms with Gasteiger partial charge in [0.1, 0.15) is 0 Å². The van der Waals surface area contributed by atoms with Crippen molar-refractivity contribution in [2.45, 2.75) is 5.16 Å². The zero-order valence-electron chi connectivity index (χ0n) is 14.0. The fourth-order valence-corrected chi connectivity index (χ4v) is 3.16. The quantitative estimate of drug-likeness (QED) is 0.381. The Hall–Kier alpha value is -2.98. The first-order valence-corrected chi connectivity index (χ1v) is 8.98. The molecule has 0 fully saturated rings. The summed E-state index contributed by atoms with van der Waals surface area (Å²) < 4.78 is 1.78. The maximum atomic E-state index is 12.2. The average Bonchev–Trinajstić information content (AvgIpc) is 3.03. The second-order valence-electron chi connectivity index (χ2n) is 5.36. The van der Waals surface area contributed by atoms with Gasteiger partial charge in [-0.05, 0) is 18.2 Å². The van der Waals surface area contributed by atoms with E-state index in [4.69, 9.17) is 11.6 Å². The molecular weight excluding hydrogens is 392 g/mol. The molecule has 27 heavy (non-hydrogen) atoms. The molecule has 1 N–H and O–H groups in total. The van der Waals surface area contributed by atoms with Gasteiger partial charge in [0.15, 0.2) is 11.0 Å². The number of pyridine rings is 1. The summed E-state index contributed by atoms with van der Waals surface area (Å²) in [6.45, 7) is 0. The first-order chi connectivity index (χ1) is 13.0. The van der Waals surface area contributed by atoms with Crippen LogP contribution in [0.1, 0.15) is 0 Å². The van der Waals surface area contributed by atoms with E-state index in [-0.39, 0.29) is 22.4 Å². The van der Waals surface area contributed by atoms with E-state index in [9.17, 15) is 14.9 Å². The van der Waals surface area contributed by atoms with Crippen LogP contribution in [0.5, 0.6) is 0 Å². The predicted octanol–water partition coefficient (Wildman–Crippen LogP) is 3.17. The van der Waals surface area contributed by atoms with Crippen molar-refractivity contribution in [3.63, 3.8) is 0 Å². The summed E-state index contributed by atoms with van der Waals surface area (Å²) in [5, 5.41) is 22.2. The van der Waals surface area contributed by atoms with E-state index < -0.39 is 4.92 Å². The Morgan fingerprint density at radius 2 is 2.04 bits per heavy atom. The van der Waals surface area contributed by atoms with Crippen molar-refractivity contribution in [2.24, 2.45) is 7.05 Å². The number of aromatic nitrogens is 4. The summed E-state index contributed by atoms with van der Waals surface area (Å²) in [5.74, 6) is 0.429. The van der Waals surface area contributed by atoms with Crippen molar-refractivity contribution in [3.05, 3.63) is 57.9 Å². The van der Waals surface area contributed by atoms with Gasteiger partial charge in [-0.2, -0.15) is 0 Å². The van der Waals surface area contributed by atoms with Crippen LogP contribution in [0.2, 0.25) is 5.02 Å². The number of halogens is 1. The molecule has 0 aliphatic carbocycles. The number of hydrogen-bond acceptors (Lipinski definition) is 7. The third-order valence-electron chi connectivity index (χ3n) is 3.54. The molecule has 1 amide bonds. The van der Waals surface area contributed by atoms with Gasteiger partial charge in [-0.25, -0.2) is 0 Å². The number of nitrogens with one attached hydrogen (secondary N) is 1. The van der Waals surface area contributed by atoms with Crippen molar-refractivity contribution in [2.75, 3.05) is 11.1 Å². The summed E-state index contributed by atoms with van der Waals surface area (Å²) in [4.78, 5) is 26.3. The maximum absolute atomic E-state index is 12.2. The Balaban J connectivity index is 1.63. The standard InChI is InChI=1S/C16H13ClN6O3S/c1-22-15(10-4-6-18-7-5-10)20-21-16(22)27-9-14(24)19-13-3-2-11(23(25)26)8-12(13)17/h2-8H,9H2,1H3,(H,19,24). The van der Waals surface area contributed by atoms with E-state index in [0.717, 1.165) is 5.56 Å². The Bertz CT molecular complexity index is 995. The summed E-state index contributed by atoms with van der Waals surface area (Å²) in [6, 6.07) is 7.50. The minimum atomic E-state index is -0.554. The number of nitro groups is 1. The molecule has 0 radical (unpaired) electrons. The molecule has 0 saturated heterocycles. The second-order valence-corrected chi connectivity index (χ2v) is 6.71. The number of hydrogen-bond donors (Lipinski definition) is 1. The lowest BCUT2D eigenvalue weighted by Crippen LogP contribution is -2.14. The van der Waals surface area contributed by atoms with Crippen molar-refractivity contribution >= 4 is 40.6 Å². The van der Waals surface area contributed by atoms with Crippen LogP contribution < -0.4 is 5.32 Å². The Labute approximate surface area is 162 Å². The molecule has 0 unspecified atom stereocenters. The van der Waals surface area contributed by atoms with Gasteiger partial charge in [0, 0.05) is 37.1 Å². The minimum absolute atomic E-state index is 0.0790. The molecule has 0 bridgehead atoms. The molecule has 1 aromatic carbocycles. The Morgan fingerprint density at radius 1 is 1.30 bits per heavy atom. The fraction of sp³-hybridized carbons (Fsp3) is 0.125. The molecule has 3 rings (SSSR count). The molecule has 0 saturated carbocycles. The van der Waals surface area contributed by atoms with Gasteiger partial charge in [0.2, 0.25) is 5.91 Å². The summed E-state index contributed by atoms with van der Waals surface area (Å²) >= 11 is 7.19. The predicted molar refractivity (Wildman–Crippen MR) is 102 cm³/mol. The van der Waals surface area contributed by atoms with Gasteiger partial charge >= 0.3 is 0 Å². The van der Waals surface area contributed by atoms with E-state index in [1.165, 1.54) is 30.0 Å². The molecule has 138 valence electrons. The van der Waals surface area contributed by atoms with Crippen LogP contribution in [0.4, 0.5) is 11.4 Å². The normalized spacial score (nSPS) is 10.6. The van der Waals surface area contributed by atoms with E-state index >= 15 is 0 Å². The van der Waals surface area contributed by atoms with Gasteiger partial charge in [-0.15, -0.1) is 10.2 Å². The zero-order chi connectivity index (χ0) is 19.4. The van der Waals surface area contributed by atoms with Crippen LogP contribution in [0, 0.1) is 10.1 Å². The van der Waals surface area contributed by atoms with E-state index in [0.29, 0.717) is 16.7 Å². The maximum Gasteiger partial charge on any atom is 0.271 e. The third-order valence-corrected chi connectivity index (χ3v) is 4.88. The monoisotopic (exact) mass is 404 g/mol. The van der Waals surface area contributed by atoms with Gasteiger partial charge in [-0.1, -0.05) is 23.4 Å². The smallest absolute Gasteiger partial charge is 0.271 e. The number of carbonyl (C=O) groups is 1. The second kappa shape index (κ2) is 8.14. The van der Waals surface area contributed by atoms with Crippen LogP contribution >= 0.6 is 23.4 Å². The highest BCUT2D eigenvalue weighted by Crippen LogP contribution is 2.27. The molecular formula is C16H13ClN6O3S. The van der Waals surface area contributed by atoms with Crippen LogP contribution in [0.15, 0.2) is 47.9 Å². The first-order valence-electron chi connectivity index (χ1n) is 7.62. The highest BCUT2D eigenvalue weighted by molar-refractivity contribution is 7.99. The largest absolute Gasteiger partial charge is 0.324 e. The van der Waals surface area contributed by atoms with Crippen LogP contribution in [-0.4, -0.2) is 36.3 Å². The number of carbonyl (C=O) groups excluding carboxylic acids is 1. The van der Waals surface area contributed by atoms with Gasteiger partial charge < -0.3 is 9.88 Å². The van der Waals surface area contributed by atoms with Gasteiger partial charge in [-0.3, -0.25) is 19.9 Å². The van der Waals surface area contributed by atoms with Crippen molar-refractivity contribution in [1.29, 1.82) is 0 Å². The number of benzene rings is 1. The van der Waals surface area contributed by atoms with Crippen LogP contribution in [0.25, 0.3) is 11.4 Å². The minimum Gasteiger partial charge on any atom is -0.324 e. The molecule has 9 nitrogen and oxygen atoms in total. The van der Waals surface area contributed by atoms with E-state index in [1.807, 2.05) is 19.2 Å². The number of thioether (sulfide) groups is 1. The molecule has 3 aromatic rings. The van der Waals surface area contributed by atoms with Crippen LogP contribution in [-0.2, 0) is 11.8 Å². The van der Waals surface area contributed by atoms with Gasteiger partial charge in [0.05, 0.1) is 21.4 Å². The first kappa shape index (κ1) is 18.8. The van der Waals surface area contributed by atoms with Crippen molar-refractivity contribution < 1.29 is 9.72 Å². The third kappa shape index (κ3) is 4.41. The molecule has 2 heterocycles. The molecule has 0 spiro atoms. The Morgan fingerprint density at radius 3 is 2.70 bits per heavy atom. The highest BCUT2D eigenvalue weighted by atomic mass is 35.5. The molecule has 11 heteroatoms. The van der Waals surface area contributed by atoms with Crippen molar-refractivity contribution in [1.82, 2.24) is 19.7 Å². The lowest BCUT2D eigenvalue weighted by atomic mass is 10.2. The summed E-state index contributed by atoms with van der Waals surface area (Å²) in [6.07, 6.45) is 3.33. The van der Waals surface area contributed by atoms with Gasteiger partial charge in [0.25, 0.3) is 5.69 Å². The van der Waals surface area contributed by atoms with E-state index in [2.05, 4.69) is 20.5 Å². The number of rotatable bonds is 6. The zero-order valence-corrected chi connectivity index (χ0v) is 15.6. The topological polar surface area (TPSA) is 116 Å². The lowest BCUT2D eigenvalue weighted by Gasteiger charge is -2.07. The van der Waals surface area contributed by atoms with Crippen LogP contribution in [0.3, 0.4) is 0 Å². The highest BCUT2D eigenvalue weighted by Gasteiger charge is 2.15. The molecule has 0 aliphatic rings. The summed E-state index contributed by atoms with van der Waals surface area (Å²) in [5.41, 5.74) is 1.03. The number of anilines is 1. The molecule has 0 aliphatic heterocycles. The molecule has 2 aromatic heterocycles. The number of nitro benzene ring substituents is 1. The average molecular weight is 405 g/mol. The lowest BCUT2D eigenvalue weighted by molar-refractivity contribution is -0.384. The Kier molecular flexibility index (Phi) is 5.67. The summed E-state index contributed by atoms with van der Waals surface area (Å²) in [7, 11) is 1.81.